The van der Waals surface area contributed by atoms with E-state index in [9.17, 15) is 9.50 Å². The summed E-state index contributed by atoms with van der Waals surface area (Å²) in [6.07, 6.45) is 5.17. The van der Waals surface area contributed by atoms with Gasteiger partial charge in [0.25, 0.3) is 0 Å². The molecule has 7 heteroatoms. The highest BCUT2D eigenvalue weighted by Crippen LogP contribution is 2.43. The van der Waals surface area contributed by atoms with Gasteiger partial charge >= 0.3 is 0 Å². The van der Waals surface area contributed by atoms with Crippen molar-refractivity contribution >= 4 is 21.7 Å². The summed E-state index contributed by atoms with van der Waals surface area (Å²) in [5.41, 5.74) is 4.81. The molecule has 0 amide bonds. The highest BCUT2D eigenvalue weighted by Gasteiger charge is 2.22. The second-order valence-electron chi connectivity index (χ2n) is 9.19. The molecule has 5 rings (SSSR count). The van der Waals surface area contributed by atoms with Crippen LogP contribution < -0.4 is 14.8 Å². The smallest absolute Gasteiger partial charge is 0.202 e. The number of aromatic nitrogens is 2. The molecule has 2 aromatic heterocycles. The number of hydrogen-bond acceptors (Lipinski definition) is 5. The predicted molar refractivity (Wildman–Crippen MR) is 144 cm³/mol. The third-order valence-corrected chi connectivity index (χ3v) is 6.68. The molecule has 0 unspecified atom stereocenters. The topological polar surface area (TPSA) is 68.5 Å². The van der Waals surface area contributed by atoms with Crippen LogP contribution in [0.5, 0.6) is 17.4 Å². The van der Waals surface area contributed by atoms with Crippen LogP contribution in [-0.2, 0) is 26.5 Å². The summed E-state index contributed by atoms with van der Waals surface area (Å²) in [5.74, 6) is 1.23. The van der Waals surface area contributed by atoms with Crippen molar-refractivity contribution in [2.75, 3.05) is 20.7 Å². The highest BCUT2D eigenvalue weighted by molar-refractivity contribution is 6.09. The fourth-order valence-corrected chi connectivity index (χ4v) is 4.72. The molecular weight excluding hydrogens is 469 g/mol. The van der Waals surface area contributed by atoms with Gasteiger partial charge in [-0.15, -0.1) is 0 Å². The Kier molecular flexibility index (Phi) is 6.97. The summed E-state index contributed by atoms with van der Waals surface area (Å²) in [4.78, 5) is 4.84. The van der Waals surface area contributed by atoms with Gasteiger partial charge < -0.3 is 24.5 Å². The number of methoxy groups -OCH3 is 1. The number of rotatable bonds is 9. The van der Waals surface area contributed by atoms with E-state index in [4.69, 9.17) is 14.5 Å². The van der Waals surface area contributed by atoms with Crippen LogP contribution in [0.4, 0.5) is 4.39 Å². The van der Waals surface area contributed by atoms with Gasteiger partial charge in [-0.05, 0) is 79.0 Å². The molecule has 0 saturated carbocycles. The van der Waals surface area contributed by atoms with E-state index in [1.165, 1.54) is 12.1 Å². The van der Waals surface area contributed by atoms with E-state index in [1.54, 1.807) is 23.8 Å². The van der Waals surface area contributed by atoms with Crippen molar-refractivity contribution in [3.63, 3.8) is 0 Å². The minimum absolute atomic E-state index is 0.143. The summed E-state index contributed by atoms with van der Waals surface area (Å²) in [7, 11) is 5.38. The zero-order valence-corrected chi connectivity index (χ0v) is 21.2. The fraction of sp³-hybridized carbons (Fsp3) is 0.233. The van der Waals surface area contributed by atoms with E-state index in [0.29, 0.717) is 29.7 Å². The van der Waals surface area contributed by atoms with Gasteiger partial charge in [0.05, 0.1) is 12.5 Å². The number of aryl methyl sites for hydroxylation is 1. The molecule has 0 fully saturated rings. The Morgan fingerprint density at radius 2 is 1.73 bits per heavy atom. The molecule has 0 aliphatic carbocycles. The average Bonchev–Trinajstić information content (AvgIpc) is 3.21. The van der Waals surface area contributed by atoms with Crippen molar-refractivity contribution < 1.29 is 19.0 Å². The van der Waals surface area contributed by atoms with Crippen LogP contribution in [0.1, 0.15) is 22.3 Å². The number of nitrogens with one attached hydrogen (secondary N) is 1. The predicted octanol–water partition coefficient (Wildman–Crippen LogP) is 5.51. The number of nitrogens with zero attached hydrogens (tertiary/aromatic N) is 2. The second kappa shape index (κ2) is 10.5. The molecule has 0 radical (unpaired) electrons. The van der Waals surface area contributed by atoms with Gasteiger partial charge in [-0.25, -0.2) is 4.39 Å². The first-order valence-corrected chi connectivity index (χ1v) is 12.2. The summed E-state index contributed by atoms with van der Waals surface area (Å²) < 4.78 is 26.8. The lowest BCUT2D eigenvalue weighted by Gasteiger charge is -2.16. The maximum Gasteiger partial charge on any atom is 0.202 e. The number of aromatic hydroxyl groups is 1. The molecule has 2 heterocycles. The zero-order chi connectivity index (χ0) is 25.9. The van der Waals surface area contributed by atoms with E-state index in [1.807, 2.05) is 50.8 Å². The third-order valence-electron chi connectivity index (χ3n) is 6.68. The van der Waals surface area contributed by atoms with E-state index in [0.717, 1.165) is 51.7 Å². The monoisotopic (exact) mass is 499 g/mol. The highest BCUT2D eigenvalue weighted by atomic mass is 19.1. The lowest BCUT2D eigenvalue weighted by atomic mass is 9.96. The Morgan fingerprint density at radius 1 is 1.00 bits per heavy atom. The zero-order valence-electron chi connectivity index (χ0n) is 21.2. The Hall–Kier alpha value is -4.10. The van der Waals surface area contributed by atoms with Crippen LogP contribution in [0.15, 0.2) is 67.0 Å². The molecule has 0 bridgehead atoms. The SMILES string of the molecule is CNCCc1c2cc(Cc3ccc(F)cc3)cnc2c(OCc2ccc(OC)cc2)c2c(O)n(C)cc12. The number of pyridine rings is 1. The van der Waals surface area contributed by atoms with Gasteiger partial charge in [-0.1, -0.05) is 24.3 Å². The number of hydrogen-bond donors (Lipinski definition) is 2. The minimum atomic E-state index is -0.250. The number of fused-ring (bicyclic) bond motifs is 2. The van der Waals surface area contributed by atoms with Gasteiger partial charge in [0.2, 0.25) is 5.88 Å². The minimum Gasteiger partial charge on any atom is -0.497 e. The third kappa shape index (κ3) is 4.95. The lowest BCUT2D eigenvalue weighted by molar-refractivity contribution is 0.311. The summed E-state index contributed by atoms with van der Waals surface area (Å²) in [5, 5.41) is 16.8. The number of ether oxygens (including phenoxy) is 2. The molecule has 190 valence electrons. The van der Waals surface area contributed by atoms with Crippen molar-refractivity contribution in [3.8, 4) is 17.4 Å². The van der Waals surface area contributed by atoms with E-state index < -0.39 is 0 Å². The first-order chi connectivity index (χ1) is 18.0. The van der Waals surface area contributed by atoms with Gasteiger partial charge in [-0.2, -0.15) is 0 Å². The first-order valence-electron chi connectivity index (χ1n) is 12.2. The molecule has 0 aliphatic heterocycles. The molecule has 0 atom stereocenters. The second-order valence-corrected chi connectivity index (χ2v) is 9.19. The van der Waals surface area contributed by atoms with Crippen molar-refractivity contribution in [2.24, 2.45) is 7.05 Å². The Balaban J connectivity index is 1.63. The van der Waals surface area contributed by atoms with Crippen LogP contribution in [0.3, 0.4) is 0 Å². The van der Waals surface area contributed by atoms with E-state index >= 15 is 0 Å². The molecule has 2 N–H and O–H groups in total. The standard InChI is InChI=1S/C30H30FN3O3/c1-32-13-12-24-25-15-21(14-19-4-8-22(31)9-5-19)16-33-28(25)29(27-26(24)17-34(2)30(27)35)37-18-20-6-10-23(36-3)11-7-20/h4-11,15-17,32,35H,12-14,18H2,1-3H3. The molecule has 5 aromatic rings. The Morgan fingerprint density at radius 3 is 2.43 bits per heavy atom. The van der Waals surface area contributed by atoms with Crippen molar-refractivity contribution in [1.82, 2.24) is 14.9 Å². The fourth-order valence-electron chi connectivity index (χ4n) is 4.72. The van der Waals surface area contributed by atoms with Crippen LogP contribution in [0.2, 0.25) is 0 Å². The number of likely N-dealkylation sites (N-methyl/N-ethyl adjacent to an activating group) is 1. The van der Waals surface area contributed by atoms with Crippen molar-refractivity contribution in [3.05, 3.63) is 95.1 Å². The number of benzene rings is 3. The van der Waals surface area contributed by atoms with E-state index in [2.05, 4.69) is 11.4 Å². The molecule has 6 nitrogen and oxygen atoms in total. The quantitative estimate of drug-likeness (QED) is 0.280. The van der Waals surface area contributed by atoms with E-state index in [-0.39, 0.29) is 11.7 Å². The van der Waals surface area contributed by atoms with Gasteiger partial charge in [0.1, 0.15) is 23.7 Å². The van der Waals surface area contributed by atoms with Crippen LogP contribution in [0, 0.1) is 5.82 Å². The molecule has 37 heavy (non-hydrogen) atoms. The van der Waals surface area contributed by atoms with Crippen molar-refractivity contribution in [1.29, 1.82) is 0 Å². The largest absolute Gasteiger partial charge is 0.497 e. The van der Waals surface area contributed by atoms with Crippen molar-refractivity contribution in [2.45, 2.75) is 19.4 Å². The first kappa shape index (κ1) is 24.6. The molecule has 0 saturated heterocycles. The lowest BCUT2D eigenvalue weighted by Crippen LogP contribution is -2.11. The van der Waals surface area contributed by atoms with Gasteiger partial charge in [0.15, 0.2) is 5.75 Å². The maximum absolute atomic E-state index is 13.4. The summed E-state index contributed by atoms with van der Waals surface area (Å²) >= 11 is 0. The summed E-state index contributed by atoms with van der Waals surface area (Å²) in [6.45, 7) is 1.09. The van der Waals surface area contributed by atoms with Crippen LogP contribution >= 0.6 is 0 Å². The molecule has 0 spiro atoms. The molecular formula is C30H30FN3O3. The average molecular weight is 500 g/mol. The maximum atomic E-state index is 13.4. The van der Waals surface area contributed by atoms with Gasteiger partial charge in [0, 0.05) is 30.2 Å². The molecule has 0 aliphatic rings. The summed E-state index contributed by atoms with van der Waals surface area (Å²) in [6, 6.07) is 16.4. The normalized spacial score (nSPS) is 11.4. The van der Waals surface area contributed by atoms with Gasteiger partial charge in [-0.3, -0.25) is 4.98 Å². The Labute approximate surface area is 215 Å². The number of halogens is 1. The molecule has 3 aromatic carbocycles. The van der Waals surface area contributed by atoms with Crippen LogP contribution in [0.25, 0.3) is 21.7 Å². The Bertz CT molecular complexity index is 1540. The van der Waals surface area contributed by atoms with Crippen LogP contribution in [-0.4, -0.2) is 35.4 Å².